The number of likely N-dealkylation sites (tertiary alicyclic amines) is 1. The standard InChI is InChI=1S/C31H34F2N8O2/c1-19(32)30(42)41-13-12-40(17-21(41)9-10-34)29-25-16-36-27(24-15-35-14-20-6-3-4-8-23(20)24)26(33)28(25)37-31(38-29)43-18-22-7-5-11-39(22)2/h14-16,21-22H,1,3-9,11-13,17-18H2,2H3. The van der Waals surface area contributed by atoms with Crippen molar-refractivity contribution >= 4 is 22.6 Å². The van der Waals surface area contributed by atoms with Gasteiger partial charge in [0, 0.05) is 49.8 Å². The SMILES string of the molecule is C=C(F)C(=O)N1CCN(c2nc(OCC3CCCN3C)nc3c(F)c(-c4cncc5c4CCCC5)ncc23)CC1CC#N. The average Bonchev–Trinajstić information content (AvgIpc) is 3.44. The van der Waals surface area contributed by atoms with Crippen LogP contribution in [-0.2, 0) is 17.6 Å². The molecule has 5 heterocycles. The van der Waals surface area contributed by atoms with Gasteiger partial charge in [0.05, 0.1) is 23.9 Å². The van der Waals surface area contributed by atoms with Crippen LogP contribution in [0.3, 0.4) is 0 Å². The molecule has 0 saturated carbocycles. The Bertz CT molecular complexity index is 1610. The minimum atomic E-state index is -1.08. The first-order valence-electron chi connectivity index (χ1n) is 14.8. The number of nitriles is 1. The second-order valence-electron chi connectivity index (χ2n) is 11.5. The molecule has 2 atom stereocenters. The lowest BCUT2D eigenvalue weighted by Gasteiger charge is -2.41. The third-order valence-corrected chi connectivity index (χ3v) is 8.85. The van der Waals surface area contributed by atoms with Gasteiger partial charge >= 0.3 is 6.01 Å². The number of piperazine rings is 1. The Morgan fingerprint density at radius 2 is 1.98 bits per heavy atom. The van der Waals surface area contributed by atoms with E-state index < -0.39 is 23.6 Å². The molecule has 0 bridgehead atoms. The summed E-state index contributed by atoms with van der Waals surface area (Å²) in [6, 6.07) is 1.71. The number of carbonyl (C=O) groups excluding carboxylic acids is 1. The topological polar surface area (TPSA) is 111 Å². The second kappa shape index (κ2) is 12.2. The number of likely N-dealkylation sites (N-methyl/N-ethyl adjacent to an activating group) is 1. The van der Waals surface area contributed by atoms with Crippen LogP contribution in [0.15, 0.2) is 31.0 Å². The minimum absolute atomic E-state index is 0.0151. The summed E-state index contributed by atoms with van der Waals surface area (Å²) in [5, 5.41) is 9.83. The number of hydrogen-bond donors (Lipinski definition) is 0. The number of rotatable bonds is 7. The van der Waals surface area contributed by atoms with Crippen molar-refractivity contribution in [3.8, 4) is 23.3 Å². The molecule has 3 aromatic rings. The van der Waals surface area contributed by atoms with Crippen LogP contribution in [0.4, 0.5) is 14.6 Å². The highest BCUT2D eigenvalue weighted by Gasteiger charge is 2.34. The van der Waals surface area contributed by atoms with Gasteiger partial charge < -0.3 is 19.4 Å². The Balaban J connectivity index is 1.42. The third-order valence-electron chi connectivity index (χ3n) is 8.85. The molecule has 1 amide bonds. The quantitative estimate of drug-likeness (QED) is 0.378. The van der Waals surface area contributed by atoms with Gasteiger partial charge in [-0.15, -0.1) is 0 Å². The van der Waals surface area contributed by atoms with E-state index in [2.05, 4.69) is 32.5 Å². The van der Waals surface area contributed by atoms with Crippen LogP contribution < -0.4 is 9.64 Å². The molecular formula is C31H34F2N8O2. The van der Waals surface area contributed by atoms with Crippen LogP contribution in [0.25, 0.3) is 22.2 Å². The van der Waals surface area contributed by atoms with Crippen LogP contribution >= 0.6 is 0 Å². The van der Waals surface area contributed by atoms with Crippen molar-refractivity contribution in [2.75, 3.05) is 44.7 Å². The summed E-state index contributed by atoms with van der Waals surface area (Å²) < 4.78 is 36.4. The molecule has 224 valence electrons. The molecule has 1 aliphatic carbocycles. The lowest BCUT2D eigenvalue weighted by Crippen LogP contribution is -2.55. The number of pyridine rings is 2. The fourth-order valence-electron chi connectivity index (χ4n) is 6.49. The number of fused-ring (bicyclic) bond motifs is 2. The van der Waals surface area contributed by atoms with Crippen molar-refractivity contribution in [1.82, 2.24) is 29.7 Å². The fourth-order valence-corrected chi connectivity index (χ4v) is 6.49. The van der Waals surface area contributed by atoms with Gasteiger partial charge in [-0.2, -0.15) is 15.2 Å². The first-order chi connectivity index (χ1) is 20.9. The maximum absolute atomic E-state index is 16.5. The minimum Gasteiger partial charge on any atom is -0.462 e. The summed E-state index contributed by atoms with van der Waals surface area (Å²) in [6.07, 6.45) is 11.0. The zero-order chi connectivity index (χ0) is 30.1. The van der Waals surface area contributed by atoms with E-state index in [4.69, 9.17) is 9.72 Å². The normalized spacial score (nSPS) is 20.6. The molecule has 3 aromatic heterocycles. The van der Waals surface area contributed by atoms with E-state index >= 15 is 4.39 Å². The van der Waals surface area contributed by atoms with Crippen molar-refractivity contribution in [3.05, 3.63) is 47.9 Å². The van der Waals surface area contributed by atoms with Crippen molar-refractivity contribution in [2.24, 2.45) is 0 Å². The number of ether oxygens (including phenoxy) is 1. The summed E-state index contributed by atoms with van der Waals surface area (Å²) in [7, 11) is 2.04. The molecule has 43 heavy (non-hydrogen) atoms. The molecule has 0 spiro atoms. The Hall–Kier alpha value is -4.24. The maximum atomic E-state index is 16.5. The van der Waals surface area contributed by atoms with E-state index in [1.54, 1.807) is 12.4 Å². The summed E-state index contributed by atoms with van der Waals surface area (Å²) >= 11 is 0. The molecule has 0 N–H and O–H groups in total. The predicted molar refractivity (Wildman–Crippen MR) is 157 cm³/mol. The van der Waals surface area contributed by atoms with Gasteiger partial charge in [0.1, 0.15) is 23.6 Å². The highest BCUT2D eigenvalue weighted by molar-refractivity contribution is 5.93. The summed E-state index contributed by atoms with van der Waals surface area (Å²) in [6.45, 7) is 5.06. The number of carbonyl (C=O) groups is 1. The van der Waals surface area contributed by atoms with Crippen LogP contribution in [-0.4, -0.2) is 87.6 Å². The number of amides is 1. The first-order valence-corrected chi connectivity index (χ1v) is 14.8. The molecule has 6 rings (SSSR count). The van der Waals surface area contributed by atoms with E-state index in [-0.39, 0.29) is 49.3 Å². The van der Waals surface area contributed by atoms with E-state index in [1.165, 1.54) is 4.90 Å². The number of halogens is 2. The van der Waals surface area contributed by atoms with Gasteiger partial charge in [-0.3, -0.25) is 14.8 Å². The Kier molecular flexibility index (Phi) is 8.17. The zero-order valence-electron chi connectivity index (χ0n) is 24.2. The molecule has 0 radical (unpaired) electrons. The lowest BCUT2D eigenvalue weighted by molar-refractivity contribution is -0.131. The van der Waals surface area contributed by atoms with E-state index in [9.17, 15) is 14.4 Å². The van der Waals surface area contributed by atoms with Gasteiger partial charge in [0.25, 0.3) is 5.91 Å². The number of hydrogen-bond acceptors (Lipinski definition) is 9. The first kappa shape index (κ1) is 28.9. The van der Waals surface area contributed by atoms with Crippen LogP contribution in [0.2, 0.25) is 0 Å². The third kappa shape index (κ3) is 5.61. The highest BCUT2D eigenvalue weighted by atomic mass is 19.1. The Labute approximate surface area is 249 Å². The van der Waals surface area contributed by atoms with E-state index in [0.29, 0.717) is 23.4 Å². The van der Waals surface area contributed by atoms with Gasteiger partial charge in [-0.1, -0.05) is 6.58 Å². The molecule has 0 aromatic carbocycles. The smallest absolute Gasteiger partial charge is 0.319 e. The largest absolute Gasteiger partial charge is 0.462 e. The van der Waals surface area contributed by atoms with Gasteiger partial charge in [0.2, 0.25) is 0 Å². The second-order valence-corrected chi connectivity index (χ2v) is 11.5. The summed E-state index contributed by atoms with van der Waals surface area (Å²) in [5.41, 5.74) is 3.11. The number of nitrogens with zero attached hydrogens (tertiary/aromatic N) is 8. The van der Waals surface area contributed by atoms with Crippen molar-refractivity contribution in [3.63, 3.8) is 0 Å². The molecular weight excluding hydrogens is 554 g/mol. The number of aromatic nitrogens is 4. The molecule has 2 unspecified atom stereocenters. The summed E-state index contributed by atoms with van der Waals surface area (Å²) in [4.78, 5) is 36.0. The monoisotopic (exact) mass is 588 g/mol. The molecule has 2 aliphatic heterocycles. The molecule has 2 saturated heterocycles. The Morgan fingerprint density at radius 3 is 2.74 bits per heavy atom. The average molecular weight is 589 g/mol. The number of anilines is 1. The lowest BCUT2D eigenvalue weighted by atomic mass is 9.89. The van der Waals surface area contributed by atoms with Gasteiger partial charge in [0.15, 0.2) is 11.6 Å². The fraction of sp³-hybridized carbons (Fsp3) is 0.484. The molecule has 10 nitrogen and oxygen atoms in total. The number of aryl methyl sites for hydroxylation is 1. The Morgan fingerprint density at radius 1 is 1.14 bits per heavy atom. The van der Waals surface area contributed by atoms with Gasteiger partial charge in [-0.05, 0) is 63.2 Å². The van der Waals surface area contributed by atoms with Crippen LogP contribution in [0.5, 0.6) is 6.01 Å². The van der Waals surface area contributed by atoms with Crippen molar-refractivity contribution in [1.29, 1.82) is 5.26 Å². The van der Waals surface area contributed by atoms with Crippen LogP contribution in [0.1, 0.15) is 43.2 Å². The van der Waals surface area contributed by atoms with Crippen molar-refractivity contribution < 1.29 is 18.3 Å². The summed E-state index contributed by atoms with van der Waals surface area (Å²) in [5.74, 6) is -2.11. The maximum Gasteiger partial charge on any atom is 0.319 e. The van der Waals surface area contributed by atoms with Crippen LogP contribution in [0, 0.1) is 17.1 Å². The molecule has 3 aliphatic rings. The predicted octanol–water partition coefficient (Wildman–Crippen LogP) is 3.99. The van der Waals surface area contributed by atoms with Crippen molar-refractivity contribution in [2.45, 2.75) is 57.0 Å². The van der Waals surface area contributed by atoms with E-state index in [1.807, 2.05) is 18.1 Å². The van der Waals surface area contributed by atoms with E-state index in [0.717, 1.165) is 56.2 Å². The zero-order valence-corrected chi connectivity index (χ0v) is 24.2. The molecule has 2 fully saturated rings. The highest BCUT2D eigenvalue weighted by Crippen LogP contribution is 2.36. The van der Waals surface area contributed by atoms with Gasteiger partial charge in [-0.25, -0.2) is 8.78 Å². The molecule has 12 heteroatoms.